The Morgan fingerprint density at radius 1 is 0.880 bits per heavy atom. The van der Waals surface area contributed by atoms with E-state index in [0.717, 1.165) is 28.2 Å². The number of hydrogen-bond donors (Lipinski definition) is 2. The Balaban J connectivity index is 1.77. The van der Waals surface area contributed by atoms with Gasteiger partial charge in [0.15, 0.2) is 0 Å². The van der Waals surface area contributed by atoms with E-state index in [1.165, 1.54) is 5.56 Å². The highest BCUT2D eigenvalue weighted by Gasteiger charge is 2.09. The zero-order valence-corrected chi connectivity index (χ0v) is 14.6. The molecular weight excluding hydrogens is 310 g/mol. The van der Waals surface area contributed by atoms with E-state index in [1.54, 1.807) is 12.3 Å². The molecule has 0 saturated carbocycles. The smallest absolute Gasteiger partial charge is 0.274 e. The van der Waals surface area contributed by atoms with Crippen molar-refractivity contribution in [3.05, 3.63) is 83.2 Å². The van der Waals surface area contributed by atoms with Gasteiger partial charge in [-0.15, -0.1) is 0 Å². The average molecular weight is 331 g/mol. The lowest BCUT2D eigenvalue weighted by Gasteiger charge is -2.11. The van der Waals surface area contributed by atoms with E-state index < -0.39 is 0 Å². The number of aryl methyl sites for hydroxylation is 3. The predicted molar refractivity (Wildman–Crippen MR) is 103 cm³/mol. The normalized spacial score (nSPS) is 10.4. The molecule has 126 valence electrons. The van der Waals surface area contributed by atoms with Gasteiger partial charge in [0.2, 0.25) is 0 Å². The van der Waals surface area contributed by atoms with Gasteiger partial charge in [0.1, 0.15) is 5.69 Å². The number of pyridine rings is 1. The Hall–Kier alpha value is -3.14. The molecule has 4 nitrogen and oxygen atoms in total. The third-order valence-electron chi connectivity index (χ3n) is 3.93. The van der Waals surface area contributed by atoms with Crippen molar-refractivity contribution < 1.29 is 4.79 Å². The fourth-order valence-corrected chi connectivity index (χ4v) is 2.66. The van der Waals surface area contributed by atoms with Crippen LogP contribution in [-0.4, -0.2) is 10.9 Å². The summed E-state index contributed by atoms with van der Waals surface area (Å²) < 4.78 is 0. The van der Waals surface area contributed by atoms with Gasteiger partial charge in [0.25, 0.3) is 5.91 Å². The molecule has 25 heavy (non-hydrogen) atoms. The van der Waals surface area contributed by atoms with Crippen LogP contribution in [0.4, 0.5) is 17.1 Å². The second kappa shape index (κ2) is 7.18. The molecule has 0 aliphatic rings. The number of hydrogen-bond acceptors (Lipinski definition) is 3. The van der Waals surface area contributed by atoms with Gasteiger partial charge < -0.3 is 10.6 Å². The molecule has 0 unspecified atom stereocenters. The number of nitrogens with one attached hydrogen (secondary N) is 2. The van der Waals surface area contributed by atoms with Crippen LogP contribution in [0.15, 0.2) is 60.8 Å². The third kappa shape index (κ3) is 4.23. The highest BCUT2D eigenvalue weighted by Crippen LogP contribution is 2.22. The van der Waals surface area contributed by atoms with Gasteiger partial charge in [-0.1, -0.05) is 29.8 Å². The summed E-state index contributed by atoms with van der Waals surface area (Å²) in [6, 6.07) is 17.5. The van der Waals surface area contributed by atoms with Crippen LogP contribution in [0.3, 0.4) is 0 Å². The summed E-state index contributed by atoms with van der Waals surface area (Å²) in [7, 11) is 0. The Labute approximate surface area is 147 Å². The molecule has 0 saturated heterocycles. The Morgan fingerprint density at radius 2 is 1.68 bits per heavy atom. The highest BCUT2D eigenvalue weighted by atomic mass is 16.1. The molecule has 0 bridgehead atoms. The molecular formula is C21H21N3O. The summed E-state index contributed by atoms with van der Waals surface area (Å²) in [5, 5.41) is 6.23. The molecule has 0 atom stereocenters. The third-order valence-corrected chi connectivity index (χ3v) is 3.93. The number of aromatic nitrogens is 1. The van der Waals surface area contributed by atoms with E-state index in [0.29, 0.717) is 5.69 Å². The van der Waals surface area contributed by atoms with Gasteiger partial charge in [-0.3, -0.25) is 9.78 Å². The molecule has 1 aromatic heterocycles. The first-order valence-electron chi connectivity index (χ1n) is 8.19. The van der Waals surface area contributed by atoms with Crippen molar-refractivity contribution in [1.82, 2.24) is 4.98 Å². The number of carbonyl (C=O) groups is 1. The maximum absolute atomic E-state index is 12.4. The van der Waals surface area contributed by atoms with Crippen LogP contribution in [0.2, 0.25) is 0 Å². The van der Waals surface area contributed by atoms with Gasteiger partial charge in [-0.05, 0) is 62.2 Å². The lowest BCUT2D eigenvalue weighted by Crippen LogP contribution is -2.13. The largest absolute Gasteiger partial charge is 0.355 e. The van der Waals surface area contributed by atoms with Gasteiger partial charge in [-0.25, -0.2) is 0 Å². The molecule has 0 aliphatic heterocycles. The highest BCUT2D eigenvalue weighted by molar-refractivity contribution is 6.03. The standard InChI is InChI=1S/C21H21N3O/c1-14-5-4-6-17(12-14)24-21(25)20-13-18(9-10-22-20)23-19-8-7-15(2)11-16(19)3/h4-13H,1-3H3,(H,22,23)(H,24,25). The number of nitrogens with zero attached hydrogens (tertiary/aromatic N) is 1. The number of carbonyl (C=O) groups excluding carboxylic acids is 1. The van der Waals surface area contributed by atoms with E-state index in [4.69, 9.17) is 0 Å². The van der Waals surface area contributed by atoms with Gasteiger partial charge >= 0.3 is 0 Å². The summed E-state index contributed by atoms with van der Waals surface area (Å²) in [5.41, 5.74) is 6.45. The number of anilines is 3. The Morgan fingerprint density at radius 3 is 2.44 bits per heavy atom. The summed E-state index contributed by atoms with van der Waals surface area (Å²) >= 11 is 0. The van der Waals surface area contributed by atoms with Crippen molar-refractivity contribution in [3.8, 4) is 0 Å². The second-order valence-electron chi connectivity index (χ2n) is 6.20. The first-order chi connectivity index (χ1) is 12.0. The molecule has 3 aromatic rings. The number of amides is 1. The van der Waals surface area contributed by atoms with E-state index in [9.17, 15) is 4.79 Å². The predicted octanol–water partition coefficient (Wildman–Crippen LogP) is 5.00. The Kier molecular flexibility index (Phi) is 4.80. The lowest BCUT2D eigenvalue weighted by molar-refractivity contribution is 0.102. The zero-order valence-electron chi connectivity index (χ0n) is 14.6. The van der Waals surface area contributed by atoms with Crippen LogP contribution in [0.5, 0.6) is 0 Å². The minimum atomic E-state index is -0.227. The molecule has 2 N–H and O–H groups in total. The summed E-state index contributed by atoms with van der Waals surface area (Å²) in [5.74, 6) is -0.227. The van der Waals surface area contributed by atoms with Crippen LogP contribution in [0.25, 0.3) is 0 Å². The molecule has 2 aromatic carbocycles. The second-order valence-corrected chi connectivity index (χ2v) is 6.20. The Bertz CT molecular complexity index is 919. The van der Waals surface area contributed by atoms with E-state index in [-0.39, 0.29) is 5.91 Å². The topological polar surface area (TPSA) is 54.0 Å². The maximum atomic E-state index is 12.4. The van der Waals surface area contributed by atoms with Crippen LogP contribution in [-0.2, 0) is 0 Å². The fraction of sp³-hybridized carbons (Fsp3) is 0.143. The summed E-state index contributed by atoms with van der Waals surface area (Å²) in [6.45, 7) is 6.11. The van der Waals surface area contributed by atoms with Gasteiger partial charge in [0, 0.05) is 23.3 Å². The molecule has 0 fully saturated rings. The molecule has 0 spiro atoms. The van der Waals surface area contributed by atoms with E-state index in [1.807, 2.05) is 43.3 Å². The van der Waals surface area contributed by atoms with Crippen LogP contribution in [0.1, 0.15) is 27.2 Å². The average Bonchev–Trinajstić information content (AvgIpc) is 2.58. The van der Waals surface area contributed by atoms with Crippen molar-refractivity contribution in [3.63, 3.8) is 0 Å². The monoisotopic (exact) mass is 331 g/mol. The molecule has 3 rings (SSSR count). The van der Waals surface area contributed by atoms with Crippen LogP contribution in [0, 0.1) is 20.8 Å². The fourth-order valence-electron chi connectivity index (χ4n) is 2.66. The molecule has 1 heterocycles. The summed E-state index contributed by atoms with van der Waals surface area (Å²) in [4.78, 5) is 16.6. The molecule has 0 aliphatic carbocycles. The van der Waals surface area contributed by atoms with Gasteiger partial charge in [-0.2, -0.15) is 0 Å². The zero-order chi connectivity index (χ0) is 17.8. The van der Waals surface area contributed by atoms with Gasteiger partial charge in [0.05, 0.1) is 0 Å². The van der Waals surface area contributed by atoms with Crippen LogP contribution < -0.4 is 10.6 Å². The quantitative estimate of drug-likeness (QED) is 0.707. The number of rotatable bonds is 4. The minimum absolute atomic E-state index is 0.227. The SMILES string of the molecule is Cc1cccc(NC(=O)c2cc(Nc3ccc(C)cc3C)ccn2)c1. The van der Waals surface area contributed by atoms with E-state index >= 15 is 0 Å². The van der Waals surface area contributed by atoms with Crippen molar-refractivity contribution in [2.24, 2.45) is 0 Å². The van der Waals surface area contributed by atoms with Crippen molar-refractivity contribution in [2.75, 3.05) is 10.6 Å². The molecule has 0 radical (unpaired) electrons. The number of benzene rings is 2. The molecule has 4 heteroatoms. The summed E-state index contributed by atoms with van der Waals surface area (Å²) in [6.07, 6.45) is 1.64. The maximum Gasteiger partial charge on any atom is 0.274 e. The first kappa shape index (κ1) is 16.7. The molecule has 1 amide bonds. The minimum Gasteiger partial charge on any atom is -0.355 e. The lowest BCUT2D eigenvalue weighted by atomic mass is 10.1. The first-order valence-corrected chi connectivity index (χ1v) is 8.19. The van der Waals surface area contributed by atoms with Crippen LogP contribution >= 0.6 is 0 Å². The van der Waals surface area contributed by atoms with E-state index in [2.05, 4.69) is 41.6 Å². The van der Waals surface area contributed by atoms with Crippen molar-refractivity contribution in [1.29, 1.82) is 0 Å². The van der Waals surface area contributed by atoms with Crippen molar-refractivity contribution in [2.45, 2.75) is 20.8 Å². The van der Waals surface area contributed by atoms with Crippen molar-refractivity contribution >= 4 is 23.0 Å².